The number of rotatable bonds is 3. The molecule has 0 fully saturated rings. The minimum Gasteiger partial charge on any atom is -0.488 e. The van der Waals surface area contributed by atoms with Crippen LogP contribution in [0.4, 0.5) is 10.2 Å². The van der Waals surface area contributed by atoms with Crippen LogP contribution in [0, 0.1) is 12.7 Å². The Hall–Kier alpha value is -2.95. The number of aryl methyl sites for hydroxylation is 1. The highest BCUT2D eigenvalue weighted by atomic mass is 19.1. The molecule has 0 atom stereocenters. The van der Waals surface area contributed by atoms with Gasteiger partial charge in [-0.1, -0.05) is 12.6 Å². The number of carbonyl (C=O) groups is 1. The normalized spacial score (nSPS) is 13.1. The van der Waals surface area contributed by atoms with Gasteiger partial charge in [0, 0.05) is 28.5 Å². The number of halogens is 1. The van der Waals surface area contributed by atoms with Gasteiger partial charge in [-0.2, -0.15) is 0 Å². The van der Waals surface area contributed by atoms with Crippen molar-refractivity contribution in [3.05, 3.63) is 71.2 Å². The van der Waals surface area contributed by atoms with Crippen molar-refractivity contribution in [2.45, 2.75) is 13.8 Å². The Bertz CT molecular complexity index is 871. The van der Waals surface area contributed by atoms with Crippen LogP contribution in [-0.4, -0.2) is 17.5 Å². The number of anilines is 1. The summed E-state index contributed by atoms with van der Waals surface area (Å²) in [5.74, 6) is 0.257. The van der Waals surface area contributed by atoms with Crippen LogP contribution in [0.3, 0.4) is 0 Å². The lowest BCUT2D eigenvalue weighted by molar-refractivity contribution is -0.112. The van der Waals surface area contributed by atoms with E-state index in [0.717, 1.165) is 16.8 Å². The molecule has 0 radical (unpaired) electrons. The highest BCUT2D eigenvalue weighted by molar-refractivity contribution is 6.07. The number of benzene rings is 1. The number of aromatic nitrogens is 1. The maximum atomic E-state index is 13.3. The number of hydrogen-bond donors (Lipinski definition) is 1. The van der Waals surface area contributed by atoms with Crippen LogP contribution in [0.25, 0.3) is 5.57 Å². The predicted molar refractivity (Wildman–Crippen MR) is 91.2 cm³/mol. The Morgan fingerprint density at radius 3 is 2.83 bits per heavy atom. The second kappa shape index (κ2) is 6.28. The molecular weight excluding hydrogens is 307 g/mol. The fourth-order valence-corrected chi connectivity index (χ4v) is 2.60. The third-order valence-corrected chi connectivity index (χ3v) is 3.94. The van der Waals surface area contributed by atoms with Crippen molar-refractivity contribution in [2.24, 2.45) is 0 Å². The fourth-order valence-electron chi connectivity index (χ4n) is 2.60. The van der Waals surface area contributed by atoms with Crippen LogP contribution < -0.4 is 10.1 Å². The Balaban J connectivity index is 1.85. The standard InChI is InChI=1S/C19H17FN2O2/c1-11-5-4-6-18(21-11)22-19(23)13(3)16-10-24-17-9-14(20)7-8-15(17)12(16)2/h4-9H,3,10H2,1-2H3,(H,21,22,23). The van der Waals surface area contributed by atoms with E-state index in [1.165, 1.54) is 12.1 Å². The molecule has 1 aliphatic rings. The van der Waals surface area contributed by atoms with Gasteiger partial charge < -0.3 is 10.1 Å². The number of nitrogens with one attached hydrogen (secondary N) is 1. The first-order valence-electron chi connectivity index (χ1n) is 7.52. The number of pyridine rings is 1. The summed E-state index contributed by atoms with van der Waals surface area (Å²) in [4.78, 5) is 16.7. The van der Waals surface area contributed by atoms with E-state index in [9.17, 15) is 9.18 Å². The van der Waals surface area contributed by atoms with Crippen LogP contribution in [0.15, 0.2) is 54.1 Å². The summed E-state index contributed by atoms with van der Waals surface area (Å²) in [5.41, 5.74) is 3.43. The Morgan fingerprint density at radius 1 is 1.29 bits per heavy atom. The van der Waals surface area contributed by atoms with E-state index in [0.29, 0.717) is 22.7 Å². The number of nitrogens with zero attached hydrogens (tertiary/aromatic N) is 1. The van der Waals surface area contributed by atoms with Crippen LogP contribution in [0.1, 0.15) is 18.2 Å². The second-order valence-electron chi connectivity index (χ2n) is 5.63. The van der Waals surface area contributed by atoms with Gasteiger partial charge in [-0.05, 0) is 43.7 Å². The zero-order valence-electron chi connectivity index (χ0n) is 13.5. The number of carbonyl (C=O) groups excluding carboxylic acids is 1. The summed E-state index contributed by atoms with van der Waals surface area (Å²) < 4.78 is 18.9. The van der Waals surface area contributed by atoms with E-state index >= 15 is 0 Å². The summed E-state index contributed by atoms with van der Waals surface area (Å²) in [5, 5.41) is 2.73. The molecule has 5 heteroatoms. The molecule has 3 rings (SSSR count). The average Bonchev–Trinajstić information content (AvgIpc) is 2.54. The van der Waals surface area contributed by atoms with Crippen molar-refractivity contribution >= 4 is 17.3 Å². The van der Waals surface area contributed by atoms with Crippen LogP contribution >= 0.6 is 0 Å². The molecule has 24 heavy (non-hydrogen) atoms. The minimum absolute atomic E-state index is 0.176. The summed E-state index contributed by atoms with van der Waals surface area (Å²) in [6.07, 6.45) is 0. The van der Waals surface area contributed by atoms with E-state index < -0.39 is 0 Å². The second-order valence-corrected chi connectivity index (χ2v) is 5.63. The van der Waals surface area contributed by atoms with E-state index in [2.05, 4.69) is 16.9 Å². The van der Waals surface area contributed by atoms with Gasteiger partial charge in [0.15, 0.2) is 0 Å². The summed E-state index contributed by atoms with van der Waals surface area (Å²) in [6, 6.07) is 9.74. The quantitative estimate of drug-likeness (QED) is 0.872. The first-order valence-corrected chi connectivity index (χ1v) is 7.52. The number of ether oxygens (including phenoxy) is 1. The lowest BCUT2D eigenvalue weighted by atomic mass is 9.94. The molecule has 1 aliphatic heterocycles. The summed E-state index contributed by atoms with van der Waals surface area (Å²) >= 11 is 0. The molecule has 2 heterocycles. The molecule has 0 saturated heterocycles. The lowest BCUT2D eigenvalue weighted by Gasteiger charge is -2.23. The van der Waals surface area contributed by atoms with Gasteiger partial charge in [0.05, 0.1) is 0 Å². The number of allylic oxidation sites excluding steroid dienone is 1. The van der Waals surface area contributed by atoms with Gasteiger partial charge in [0.1, 0.15) is 24.0 Å². The number of hydrogen-bond acceptors (Lipinski definition) is 3. The van der Waals surface area contributed by atoms with E-state index in [1.807, 2.05) is 26.0 Å². The van der Waals surface area contributed by atoms with E-state index in [1.54, 1.807) is 12.1 Å². The molecule has 0 saturated carbocycles. The van der Waals surface area contributed by atoms with Crippen molar-refractivity contribution in [2.75, 3.05) is 11.9 Å². The van der Waals surface area contributed by atoms with Gasteiger partial charge in [0.2, 0.25) is 0 Å². The average molecular weight is 324 g/mol. The Kier molecular flexibility index (Phi) is 4.16. The van der Waals surface area contributed by atoms with Gasteiger partial charge in [0.25, 0.3) is 5.91 Å². The van der Waals surface area contributed by atoms with Crippen LogP contribution in [0.5, 0.6) is 5.75 Å². The molecular formula is C19H17FN2O2. The molecule has 1 N–H and O–H groups in total. The fraction of sp³-hybridized carbons (Fsp3) is 0.158. The first kappa shape index (κ1) is 15.9. The summed E-state index contributed by atoms with van der Waals surface area (Å²) in [6.45, 7) is 7.78. The maximum absolute atomic E-state index is 13.3. The monoisotopic (exact) mass is 324 g/mol. The van der Waals surface area contributed by atoms with Gasteiger partial charge in [-0.25, -0.2) is 9.37 Å². The van der Waals surface area contributed by atoms with Gasteiger partial charge in [-0.3, -0.25) is 4.79 Å². The third kappa shape index (κ3) is 3.06. The zero-order chi connectivity index (χ0) is 17.3. The molecule has 1 amide bonds. The molecule has 0 aliphatic carbocycles. The summed E-state index contributed by atoms with van der Waals surface area (Å²) in [7, 11) is 0. The number of fused-ring (bicyclic) bond motifs is 1. The predicted octanol–water partition coefficient (Wildman–Crippen LogP) is 3.89. The van der Waals surface area contributed by atoms with Crippen molar-refractivity contribution in [1.29, 1.82) is 0 Å². The van der Waals surface area contributed by atoms with Crippen LogP contribution in [-0.2, 0) is 4.79 Å². The zero-order valence-corrected chi connectivity index (χ0v) is 13.5. The highest BCUT2D eigenvalue weighted by Crippen LogP contribution is 2.35. The molecule has 0 bridgehead atoms. The SMILES string of the molecule is C=C(C(=O)Nc1cccc(C)n1)C1=C(C)c2ccc(F)cc2OC1. The molecule has 1 aromatic heterocycles. The van der Waals surface area contributed by atoms with E-state index in [-0.39, 0.29) is 18.3 Å². The van der Waals surface area contributed by atoms with Gasteiger partial charge >= 0.3 is 0 Å². The smallest absolute Gasteiger partial charge is 0.256 e. The molecule has 4 nitrogen and oxygen atoms in total. The molecule has 122 valence electrons. The van der Waals surface area contributed by atoms with E-state index in [4.69, 9.17) is 4.74 Å². The van der Waals surface area contributed by atoms with Crippen molar-refractivity contribution in [3.63, 3.8) is 0 Å². The third-order valence-electron chi connectivity index (χ3n) is 3.94. The van der Waals surface area contributed by atoms with Crippen molar-refractivity contribution in [1.82, 2.24) is 4.98 Å². The number of amides is 1. The molecule has 0 unspecified atom stereocenters. The Morgan fingerprint density at radius 2 is 2.08 bits per heavy atom. The molecule has 2 aromatic rings. The molecule has 1 aromatic carbocycles. The lowest BCUT2D eigenvalue weighted by Crippen LogP contribution is -2.21. The van der Waals surface area contributed by atoms with Crippen molar-refractivity contribution in [3.8, 4) is 5.75 Å². The molecule has 0 spiro atoms. The largest absolute Gasteiger partial charge is 0.488 e. The highest BCUT2D eigenvalue weighted by Gasteiger charge is 2.23. The van der Waals surface area contributed by atoms with Crippen molar-refractivity contribution < 1.29 is 13.9 Å². The topological polar surface area (TPSA) is 51.2 Å². The minimum atomic E-state index is -0.355. The first-order chi connectivity index (χ1) is 11.5. The Labute approximate surface area is 139 Å². The van der Waals surface area contributed by atoms with Crippen LogP contribution in [0.2, 0.25) is 0 Å². The van der Waals surface area contributed by atoms with Gasteiger partial charge in [-0.15, -0.1) is 0 Å². The maximum Gasteiger partial charge on any atom is 0.256 e.